The van der Waals surface area contributed by atoms with Crippen LogP contribution < -0.4 is 0 Å². The number of hydrogen-bond donors (Lipinski definition) is 0. The van der Waals surface area contributed by atoms with Gasteiger partial charge in [0.05, 0.1) is 17.9 Å². The molecule has 192 valence electrons. The van der Waals surface area contributed by atoms with E-state index < -0.39 is 85.9 Å². The van der Waals surface area contributed by atoms with E-state index in [1.54, 1.807) is 13.8 Å². The Bertz CT molecular complexity index is 699. The van der Waals surface area contributed by atoms with Gasteiger partial charge in [-0.15, -0.1) is 0 Å². The summed E-state index contributed by atoms with van der Waals surface area (Å²) < 4.78 is 87.1. The van der Waals surface area contributed by atoms with Crippen molar-refractivity contribution in [2.45, 2.75) is 90.7 Å². The van der Waals surface area contributed by atoms with Crippen molar-refractivity contribution in [2.75, 3.05) is 6.61 Å². The number of esters is 1. The van der Waals surface area contributed by atoms with Crippen LogP contribution in [0.4, 0.5) is 31.1 Å². The Morgan fingerprint density at radius 2 is 1.55 bits per heavy atom. The van der Waals surface area contributed by atoms with Gasteiger partial charge >= 0.3 is 24.4 Å². The zero-order valence-corrected chi connectivity index (χ0v) is 19.3. The number of carbonyl (C=O) groups excluding carboxylic acids is 3. The summed E-state index contributed by atoms with van der Waals surface area (Å²) in [6.07, 6.45) is -15.0. The first-order chi connectivity index (χ1) is 14.8. The van der Waals surface area contributed by atoms with E-state index in [1.165, 1.54) is 20.8 Å². The third-order valence-corrected chi connectivity index (χ3v) is 5.14. The summed E-state index contributed by atoms with van der Waals surface area (Å²) in [6.45, 7) is 7.62. The van der Waals surface area contributed by atoms with E-state index >= 15 is 0 Å². The Kier molecular flexibility index (Phi) is 9.62. The molecule has 1 rings (SSSR count). The molecule has 1 heterocycles. The summed E-state index contributed by atoms with van der Waals surface area (Å²) in [6, 6.07) is -0.753. The van der Waals surface area contributed by atoms with Gasteiger partial charge in [0.1, 0.15) is 12.2 Å². The Hall–Kier alpha value is -2.01. The van der Waals surface area contributed by atoms with Crippen molar-refractivity contribution in [2.24, 2.45) is 17.8 Å². The molecule has 1 aliphatic rings. The fourth-order valence-corrected chi connectivity index (χ4v) is 3.56. The van der Waals surface area contributed by atoms with Crippen molar-refractivity contribution < 1.29 is 50.2 Å². The van der Waals surface area contributed by atoms with Crippen LogP contribution >= 0.6 is 0 Å². The summed E-state index contributed by atoms with van der Waals surface area (Å²) in [5, 5.41) is 0. The van der Waals surface area contributed by atoms with Crippen LogP contribution in [0.1, 0.15) is 66.7 Å². The van der Waals surface area contributed by atoms with Crippen LogP contribution in [-0.4, -0.2) is 53.5 Å². The Balaban J connectivity index is 3.34. The molecule has 6 nitrogen and oxygen atoms in total. The first kappa shape index (κ1) is 29.0. The lowest BCUT2D eigenvalue weighted by Gasteiger charge is -2.32. The molecule has 1 aliphatic heterocycles. The van der Waals surface area contributed by atoms with Gasteiger partial charge in [-0.1, -0.05) is 13.8 Å². The first-order valence-corrected chi connectivity index (χ1v) is 10.7. The number of imide groups is 1. The highest BCUT2D eigenvalue weighted by molar-refractivity contribution is 5.96. The van der Waals surface area contributed by atoms with Crippen molar-refractivity contribution in [1.29, 1.82) is 0 Å². The van der Waals surface area contributed by atoms with E-state index in [0.29, 0.717) is 4.90 Å². The van der Waals surface area contributed by atoms with Gasteiger partial charge < -0.3 is 9.47 Å². The topological polar surface area (TPSA) is 72.9 Å². The normalized spacial score (nSPS) is 19.5. The molecule has 0 saturated carbocycles. The molecule has 2 amide bonds. The second-order valence-corrected chi connectivity index (χ2v) is 9.50. The lowest BCUT2D eigenvalue weighted by atomic mass is 9.82. The molecule has 33 heavy (non-hydrogen) atoms. The SMILES string of the molecule is CC(C)[C@H]1COC(=O)N1C(=O)[C@H](CCCC(F)(F)F)[C@H](CCC(F)(F)F)C(=O)OC(C)(C)C. The molecule has 0 aliphatic carbocycles. The van der Waals surface area contributed by atoms with Crippen LogP contribution in [0.15, 0.2) is 0 Å². The molecule has 0 bridgehead atoms. The molecule has 0 radical (unpaired) electrons. The second-order valence-electron chi connectivity index (χ2n) is 9.50. The standard InChI is InChI=1S/C21H31F6NO5/c1-12(2)15-11-32-18(31)28(15)16(29)13(7-6-9-20(22,23)24)14(8-10-21(25,26)27)17(30)33-19(3,4)5/h12-15H,6-11H2,1-5H3/t13-,14+,15-/m1/s1. The largest absolute Gasteiger partial charge is 0.460 e. The average Bonchev–Trinajstić information content (AvgIpc) is 2.98. The first-order valence-electron chi connectivity index (χ1n) is 10.7. The van der Waals surface area contributed by atoms with Crippen LogP contribution in [0.5, 0.6) is 0 Å². The third kappa shape index (κ3) is 9.79. The maximum atomic E-state index is 13.3. The number of alkyl halides is 6. The number of amides is 2. The predicted molar refractivity (Wildman–Crippen MR) is 105 cm³/mol. The summed E-state index contributed by atoms with van der Waals surface area (Å²) in [7, 11) is 0. The van der Waals surface area contributed by atoms with Crippen LogP contribution in [0.25, 0.3) is 0 Å². The molecule has 1 fully saturated rings. The van der Waals surface area contributed by atoms with Crippen molar-refractivity contribution in [3.63, 3.8) is 0 Å². The molecular formula is C21H31F6NO5. The minimum Gasteiger partial charge on any atom is -0.460 e. The van der Waals surface area contributed by atoms with Crippen molar-refractivity contribution in [3.8, 4) is 0 Å². The van der Waals surface area contributed by atoms with Crippen molar-refractivity contribution in [1.82, 2.24) is 4.90 Å². The number of ether oxygens (including phenoxy) is 2. The molecule has 0 spiro atoms. The Morgan fingerprint density at radius 3 is 2.00 bits per heavy atom. The Morgan fingerprint density at radius 1 is 1.00 bits per heavy atom. The van der Waals surface area contributed by atoms with Gasteiger partial charge in [0.25, 0.3) is 0 Å². The minimum atomic E-state index is -4.67. The van der Waals surface area contributed by atoms with E-state index in [-0.39, 0.29) is 12.5 Å². The zero-order chi connectivity index (χ0) is 25.8. The average molecular weight is 491 g/mol. The molecule has 0 N–H and O–H groups in total. The maximum Gasteiger partial charge on any atom is 0.416 e. The molecule has 0 unspecified atom stereocenters. The highest BCUT2D eigenvalue weighted by Crippen LogP contribution is 2.35. The Labute approximate surface area is 188 Å². The number of hydrogen-bond acceptors (Lipinski definition) is 5. The molecular weight excluding hydrogens is 460 g/mol. The van der Waals surface area contributed by atoms with Crippen LogP contribution in [0.2, 0.25) is 0 Å². The number of cyclic esters (lactones) is 1. The van der Waals surface area contributed by atoms with Crippen molar-refractivity contribution in [3.05, 3.63) is 0 Å². The molecule has 0 aromatic heterocycles. The maximum absolute atomic E-state index is 13.3. The van der Waals surface area contributed by atoms with Crippen LogP contribution in [-0.2, 0) is 19.1 Å². The van der Waals surface area contributed by atoms with E-state index in [0.717, 1.165) is 0 Å². The second kappa shape index (κ2) is 10.9. The zero-order valence-electron chi connectivity index (χ0n) is 19.3. The minimum absolute atomic E-state index is 0.156. The van der Waals surface area contributed by atoms with Gasteiger partial charge in [0, 0.05) is 12.8 Å². The van der Waals surface area contributed by atoms with Crippen LogP contribution in [0, 0.1) is 17.8 Å². The predicted octanol–water partition coefficient (Wildman–Crippen LogP) is 5.64. The molecule has 0 aromatic rings. The quantitative estimate of drug-likeness (QED) is 0.308. The van der Waals surface area contributed by atoms with Gasteiger partial charge in [0.2, 0.25) is 5.91 Å². The number of halogens is 6. The number of rotatable bonds is 9. The van der Waals surface area contributed by atoms with E-state index in [2.05, 4.69) is 0 Å². The number of carbonyl (C=O) groups is 3. The summed E-state index contributed by atoms with van der Waals surface area (Å²) in [5.74, 6) is -5.75. The fraction of sp³-hybridized carbons (Fsp3) is 0.857. The summed E-state index contributed by atoms with van der Waals surface area (Å²) in [5.41, 5.74) is -1.11. The van der Waals surface area contributed by atoms with Gasteiger partial charge in [-0.05, 0) is 46.0 Å². The highest BCUT2D eigenvalue weighted by atomic mass is 19.4. The van der Waals surface area contributed by atoms with E-state index in [4.69, 9.17) is 9.47 Å². The van der Waals surface area contributed by atoms with Gasteiger partial charge in [-0.25, -0.2) is 9.69 Å². The summed E-state index contributed by atoms with van der Waals surface area (Å²) in [4.78, 5) is 39.0. The van der Waals surface area contributed by atoms with Gasteiger partial charge in [-0.2, -0.15) is 26.3 Å². The summed E-state index contributed by atoms with van der Waals surface area (Å²) >= 11 is 0. The monoisotopic (exact) mass is 491 g/mol. The smallest absolute Gasteiger partial charge is 0.416 e. The number of nitrogens with zero attached hydrogens (tertiary/aromatic N) is 1. The lowest BCUT2D eigenvalue weighted by molar-refractivity contribution is -0.169. The van der Waals surface area contributed by atoms with Crippen LogP contribution in [0.3, 0.4) is 0 Å². The molecule has 0 aromatic carbocycles. The lowest BCUT2D eigenvalue weighted by Crippen LogP contribution is -2.48. The molecule has 3 atom stereocenters. The highest BCUT2D eigenvalue weighted by Gasteiger charge is 2.47. The fourth-order valence-electron chi connectivity index (χ4n) is 3.56. The van der Waals surface area contributed by atoms with E-state index in [9.17, 15) is 40.7 Å². The third-order valence-electron chi connectivity index (χ3n) is 5.14. The molecule has 12 heteroatoms. The van der Waals surface area contributed by atoms with E-state index in [1.807, 2.05) is 0 Å². The van der Waals surface area contributed by atoms with Gasteiger partial charge in [0.15, 0.2) is 0 Å². The van der Waals surface area contributed by atoms with Crippen molar-refractivity contribution >= 4 is 18.0 Å². The van der Waals surface area contributed by atoms with Gasteiger partial charge in [-0.3, -0.25) is 9.59 Å². The molecule has 1 saturated heterocycles.